The normalized spacial score (nSPS) is 19.9. The molecule has 2 rings (SSSR count). The number of hydrogen-bond donors (Lipinski definition) is 3. The molecule has 1 aliphatic rings. The minimum Gasteiger partial charge on any atom is -0.506 e. The maximum atomic E-state index is 11.9. The van der Waals surface area contributed by atoms with Gasteiger partial charge in [-0.3, -0.25) is 4.79 Å². The summed E-state index contributed by atoms with van der Waals surface area (Å²) in [6, 6.07) is 5.10. The average molecular weight is 234 g/mol. The summed E-state index contributed by atoms with van der Waals surface area (Å²) >= 11 is 0. The Balaban J connectivity index is 2.02. The number of carbonyl (C=O) groups is 1. The molecular weight excluding hydrogens is 216 g/mol. The van der Waals surface area contributed by atoms with Gasteiger partial charge in [-0.2, -0.15) is 0 Å². The van der Waals surface area contributed by atoms with Gasteiger partial charge < -0.3 is 15.7 Å². The quantitative estimate of drug-likeness (QED) is 0.684. The Kier molecular flexibility index (Phi) is 3.64. The van der Waals surface area contributed by atoms with Crippen molar-refractivity contribution in [1.29, 1.82) is 0 Å². The van der Waals surface area contributed by atoms with Crippen LogP contribution < -0.4 is 10.6 Å². The fourth-order valence-electron chi connectivity index (χ4n) is 2.04. The highest BCUT2D eigenvalue weighted by Crippen LogP contribution is 2.24. The van der Waals surface area contributed by atoms with E-state index in [1.54, 1.807) is 12.1 Å². The van der Waals surface area contributed by atoms with E-state index in [0.717, 1.165) is 31.4 Å². The molecule has 92 valence electrons. The summed E-state index contributed by atoms with van der Waals surface area (Å²) in [6.45, 7) is 2.78. The van der Waals surface area contributed by atoms with E-state index >= 15 is 0 Å². The number of aromatic hydroxyl groups is 1. The van der Waals surface area contributed by atoms with E-state index in [2.05, 4.69) is 10.6 Å². The summed E-state index contributed by atoms with van der Waals surface area (Å²) in [5.41, 5.74) is 1.45. The molecule has 1 aromatic carbocycles. The molecule has 0 saturated carbocycles. The molecule has 1 aliphatic heterocycles. The van der Waals surface area contributed by atoms with E-state index in [9.17, 15) is 9.90 Å². The van der Waals surface area contributed by atoms with Gasteiger partial charge in [0.25, 0.3) is 0 Å². The minimum absolute atomic E-state index is 0.0659. The van der Waals surface area contributed by atoms with Gasteiger partial charge in [0.2, 0.25) is 5.91 Å². The van der Waals surface area contributed by atoms with Crippen LogP contribution in [0.1, 0.15) is 24.8 Å². The van der Waals surface area contributed by atoms with Gasteiger partial charge in [0, 0.05) is 0 Å². The van der Waals surface area contributed by atoms with Gasteiger partial charge in [0.1, 0.15) is 5.75 Å². The third-order valence-electron chi connectivity index (χ3n) is 3.04. The first-order chi connectivity index (χ1) is 8.16. The number of phenols is 1. The SMILES string of the molecule is Cc1ccc(NC(=O)C2CCCCN2)c(O)c1. The molecule has 1 unspecified atom stereocenters. The highest BCUT2D eigenvalue weighted by molar-refractivity contribution is 5.96. The lowest BCUT2D eigenvalue weighted by Crippen LogP contribution is -2.43. The predicted octanol–water partition coefficient (Wildman–Crippen LogP) is 1.78. The molecule has 1 saturated heterocycles. The van der Waals surface area contributed by atoms with Crippen LogP contribution in [0.3, 0.4) is 0 Å². The molecule has 0 radical (unpaired) electrons. The number of amides is 1. The number of benzene rings is 1. The number of phenolic OH excluding ortho intramolecular Hbond substituents is 1. The Morgan fingerprint density at radius 3 is 2.94 bits per heavy atom. The monoisotopic (exact) mass is 234 g/mol. The molecule has 0 aliphatic carbocycles. The Morgan fingerprint density at radius 2 is 2.29 bits per heavy atom. The predicted molar refractivity (Wildman–Crippen MR) is 67.1 cm³/mol. The molecule has 0 bridgehead atoms. The molecule has 0 spiro atoms. The summed E-state index contributed by atoms with van der Waals surface area (Å²) in [5.74, 6) is 0.0537. The van der Waals surface area contributed by atoms with Gasteiger partial charge in [0.05, 0.1) is 11.7 Å². The van der Waals surface area contributed by atoms with E-state index in [-0.39, 0.29) is 17.7 Å². The largest absolute Gasteiger partial charge is 0.506 e. The standard InChI is InChI=1S/C13H18N2O2/c1-9-5-6-10(12(16)8-9)15-13(17)11-4-2-3-7-14-11/h5-6,8,11,14,16H,2-4,7H2,1H3,(H,15,17). The van der Waals surface area contributed by atoms with Crippen LogP contribution in [0.5, 0.6) is 5.75 Å². The molecule has 1 atom stereocenters. The second kappa shape index (κ2) is 5.19. The topological polar surface area (TPSA) is 61.4 Å². The third-order valence-corrected chi connectivity index (χ3v) is 3.04. The van der Waals surface area contributed by atoms with Crippen molar-refractivity contribution >= 4 is 11.6 Å². The fourth-order valence-corrected chi connectivity index (χ4v) is 2.04. The molecule has 17 heavy (non-hydrogen) atoms. The molecule has 4 nitrogen and oxygen atoms in total. The summed E-state index contributed by atoms with van der Waals surface area (Å²) < 4.78 is 0. The summed E-state index contributed by atoms with van der Waals surface area (Å²) in [6.07, 6.45) is 3.06. The zero-order valence-electron chi connectivity index (χ0n) is 9.99. The average Bonchev–Trinajstić information content (AvgIpc) is 2.34. The highest BCUT2D eigenvalue weighted by atomic mass is 16.3. The molecule has 4 heteroatoms. The minimum atomic E-state index is -0.135. The zero-order chi connectivity index (χ0) is 12.3. The maximum Gasteiger partial charge on any atom is 0.241 e. The molecule has 1 aromatic rings. The summed E-state index contributed by atoms with van der Waals surface area (Å²) in [5, 5.41) is 15.6. The van der Waals surface area contributed by atoms with Crippen LogP contribution in [0.15, 0.2) is 18.2 Å². The number of nitrogens with one attached hydrogen (secondary N) is 2. The van der Waals surface area contributed by atoms with Crippen molar-refractivity contribution in [3.05, 3.63) is 23.8 Å². The first-order valence-corrected chi connectivity index (χ1v) is 6.00. The van der Waals surface area contributed by atoms with E-state index < -0.39 is 0 Å². The number of anilines is 1. The molecule has 0 aromatic heterocycles. The number of carbonyl (C=O) groups excluding carboxylic acids is 1. The Labute approximate surface area is 101 Å². The molecule has 1 fully saturated rings. The van der Waals surface area contributed by atoms with E-state index in [0.29, 0.717) is 5.69 Å². The van der Waals surface area contributed by atoms with E-state index in [1.165, 1.54) is 0 Å². The first kappa shape index (κ1) is 11.9. The van der Waals surface area contributed by atoms with Gasteiger partial charge in [-0.05, 0) is 44.0 Å². The van der Waals surface area contributed by atoms with Crippen molar-refractivity contribution in [2.75, 3.05) is 11.9 Å². The molecular formula is C13H18N2O2. The zero-order valence-corrected chi connectivity index (χ0v) is 9.99. The van der Waals surface area contributed by atoms with E-state index in [1.807, 2.05) is 13.0 Å². The number of hydrogen-bond acceptors (Lipinski definition) is 3. The first-order valence-electron chi connectivity index (χ1n) is 6.00. The van der Waals surface area contributed by atoms with Crippen LogP contribution in [-0.4, -0.2) is 23.6 Å². The molecule has 1 heterocycles. The van der Waals surface area contributed by atoms with Crippen LogP contribution in [0.25, 0.3) is 0 Å². The summed E-state index contributed by atoms with van der Waals surface area (Å²) in [7, 11) is 0. The van der Waals surface area contributed by atoms with Crippen LogP contribution in [0.4, 0.5) is 5.69 Å². The smallest absolute Gasteiger partial charge is 0.241 e. The Hall–Kier alpha value is -1.55. The van der Waals surface area contributed by atoms with Crippen molar-refractivity contribution in [2.45, 2.75) is 32.2 Å². The molecule has 3 N–H and O–H groups in total. The second-order valence-electron chi connectivity index (χ2n) is 4.51. The van der Waals surface area contributed by atoms with Crippen LogP contribution in [0.2, 0.25) is 0 Å². The highest BCUT2D eigenvalue weighted by Gasteiger charge is 2.21. The Morgan fingerprint density at radius 1 is 1.47 bits per heavy atom. The van der Waals surface area contributed by atoms with Crippen molar-refractivity contribution in [2.24, 2.45) is 0 Å². The van der Waals surface area contributed by atoms with Gasteiger partial charge in [-0.1, -0.05) is 12.5 Å². The molecule has 1 amide bonds. The van der Waals surface area contributed by atoms with Gasteiger partial charge >= 0.3 is 0 Å². The lowest BCUT2D eigenvalue weighted by molar-refractivity contribution is -0.118. The van der Waals surface area contributed by atoms with Crippen LogP contribution in [-0.2, 0) is 4.79 Å². The third kappa shape index (κ3) is 2.97. The van der Waals surface area contributed by atoms with Crippen LogP contribution >= 0.6 is 0 Å². The number of rotatable bonds is 2. The van der Waals surface area contributed by atoms with E-state index in [4.69, 9.17) is 0 Å². The fraction of sp³-hybridized carbons (Fsp3) is 0.462. The Bertz CT molecular complexity index is 412. The van der Waals surface area contributed by atoms with Crippen molar-refractivity contribution in [3.8, 4) is 5.75 Å². The number of aryl methyl sites for hydroxylation is 1. The lowest BCUT2D eigenvalue weighted by atomic mass is 10.0. The van der Waals surface area contributed by atoms with Crippen LogP contribution in [0, 0.1) is 6.92 Å². The lowest BCUT2D eigenvalue weighted by Gasteiger charge is -2.22. The second-order valence-corrected chi connectivity index (χ2v) is 4.51. The van der Waals surface area contributed by atoms with Gasteiger partial charge in [-0.25, -0.2) is 0 Å². The number of piperidine rings is 1. The van der Waals surface area contributed by atoms with Crippen molar-refractivity contribution < 1.29 is 9.90 Å². The maximum absolute atomic E-state index is 11.9. The van der Waals surface area contributed by atoms with Crippen molar-refractivity contribution in [3.63, 3.8) is 0 Å². The van der Waals surface area contributed by atoms with Gasteiger partial charge in [0.15, 0.2) is 0 Å². The van der Waals surface area contributed by atoms with Crippen molar-refractivity contribution in [1.82, 2.24) is 5.32 Å². The van der Waals surface area contributed by atoms with Gasteiger partial charge in [-0.15, -0.1) is 0 Å². The summed E-state index contributed by atoms with van der Waals surface area (Å²) in [4.78, 5) is 11.9.